The molecule has 17 heteroatoms. The van der Waals surface area contributed by atoms with E-state index < -0.39 is 89.0 Å². The molecule has 4 aliphatic rings. The number of hydrazone groups is 1. The summed E-state index contributed by atoms with van der Waals surface area (Å²) < 4.78 is 23.9. The molecule has 2 aromatic rings. The Kier molecular flexibility index (Phi) is 14.2. The zero-order valence-corrected chi connectivity index (χ0v) is 35.9. The summed E-state index contributed by atoms with van der Waals surface area (Å²) >= 11 is 0. The number of amides is 1. The maximum atomic E-state index is 13.8. The second-order valence-electron chi connectivity index (χ2n) is 16.4. The fraction of sp³-hybridized carbons (Fsp3) is 0.558. The van der Waals surface area contributed by atoms with Gasteiger partial charge in [-0.3, -0.25) is 14.6 Å². The van der Waals surface area contributed by atoms with Crippen LogP contribution in [-0.4, -0.2) is 124 Å². The van der Waals surface area contributed by atoms with Gasteiger partial charge in [0.05, 0.1) is 47.4 Å². The van der Waals surface area contributed by atoms with Crippen molar-refractivity contribution >= 4 is 34.6 Å². The number of methoxy groups -OCH3 is 1. The molecular weight excluding hydrogens is 778 g/mol. The lowest BCUT2D eigenvalue weighted by Gasteiger charge is -2.38. The van der Waals surface area contributed by atoms with E-state index in [-0.39, 0.29) is 44.5 Å². The summed E-state index contributed by atoms with van der Waals surface area (Å²) in [6, 6.07) is -1.49. The Bertz CT molecular complexity index is 2080. The molecule has 0 radical (unpaired) electrons. The third-order valence-electron chi connectivity index (χ3n) is 12.2. The van der Waals surface area contributed by atoms with Gasteiger partial charge in [-0.2, -0.15) is 5.10 Å². The first kappa shape index (κ1) is 45.8. The van der Waals surface area contributed by atoms with Crippen LogP contribution in [0.25, 0.3) is 10.8 Å². The van der Waals surface area contributed by atoms with E-state index >= 15 is 0 Å². The number of aromatic hydroxyl groups is 3. The van der Waals surface area contributed by atoms with Gasteiger partial charge in [-0.1, -0.05) is 51.1 Å². The van der Waals surface area contributed by atoms with E-state index in [9.17, 15) is 40.0 Å². The Balaban J connectivity index is 1.73. The van der Waals surface area contributed by atoms with Crippen molar-refractivity contribution in [3.8, 4) is 23.0 Å². The summed E-state index contributed by atoms with van der Waals surface area (Å²) in [5.74, 6) is -7.29. The van der Waals surface area contributed by atoms with Crippen molar-refractivity contribution in [2.45, 2.75) is 91.6 Å². The number of piperazine rings is 1. The minimum atomic E-state index is -1.87. The van der Waals surface area contributed by atoms with Crippen LogP contribution in [0.15, 0.2) is 46.4 Å². The molecule has 1 fully saturated rings. The number of benzene rings is 2. The normalized spacial score (nSPS) is 30.9. The fourth-order valence-corrected chi connectivity index (χ4v) is 8.22. The predicted molar refractivity (Wildman–Crippen MR) is 225 cm³/mol. The minimum absolute atomic E-state index is 0.0154. The van der Waals surface area contributed by atoms with E-state index in [1.807, 2.05) is 7.05 Å². The molecule has 0 aromatic heterocycles. The number of carbonyl (C=O) groups excluding carboxylic acids is 2. The zero-order chi connectivity index (χ0) is 44.4. The first-order valence-corrected chi connectivity index (χ1v) is 20.1. The van der Waals surface area contributed by atoms with Gasteiger partial charge < -0.3 is 54.7 Å². The average molecular weight is 838 g/mol. The molecule has 10 atom stereocenters. The topological polar surface area (TPSA) is 233 Å². The first-order valence-electron chi connectivity index (χ1n) is 20.1. The standard InChI is InChI=1S/C43H59N5O12/c1-21-12-11-13-22(2)42(55)45-33-28(20-44-48-17-15-47(9)16-18-48)37(53)30-31(38(33)54)36(52)26(6)40-32(30)41(46-56)43(8,60-40)58-19-14-29(57-10)23(3)39(59-27(7)49)25(5)35(51)24(4)34(21)50/h11-14,19-21,23-25,29,34-35,39,41,50-54H,15-18H2,1-10H3,(H,45,55)/t21-,23+,24+,25+,29-,34-,35+,39+,41?,43-/m0/s1. The SMILES string of the molecule is CO[C@H]1C=CO[C@@]2(C)Oc3c(C)c(O)c4c(O)c(c(C=NN5CCN(C)CC5)c(O)c4c3C2N=O)NC(=O)C(C)=CC=C[C@H](C)[C@H](O)[C@@H](C)[C@@H](O)[C@@H](C)[C@H](OC(C)=O)[C@@H]1C. The molecule has 60 heavy (non-hydrogen) atoms. The number of carbonyl (C=O) groups is 2. The summed E-state index contributed by atoms with van der Waals surface area (Å²) in [5, 5.41) is 70.7. The van der Waals surface area contributed by atoms with Crippen molar-refractivity contribution in [3.05, 3.63) is 57.7 Å². The molecule has 0 saturated carbocycles. The molecule has 1 amide bonds. The van der Waals surface area contributed by atoms with Gasteiger partial charge in [0.15, 0.2) is 11.8 Å². The molecule has 328 valence electrons. The summed E-state index contributed by atoms with van der Waals surface area (Å²) in [6.07, 6.45) is 4.93. The van der Waals surface area contributed by atoms with Gasteiger partial charge in [-0.15, -0.1) is 4.91 Å². The number of fused-ring (bicyclic) bond motifs is 14. The fourth-order valence-electron chi connectivity index (χ4n) is 8.22. The third-order valence-corrected chi connectivity index (χ3v) is 12.2. The highest BCUT2D eigenvalue weighted by atomic mass is 16.7. The minimum Gasteiger partial charge on any atom is -0.507 e. The number of hydrogen-bond donors (Lipinski definition) is 6. The van der Waals surface area contributed by atoms with E-state index in [0.717, 1.165) is 13.1 Å². The van der Waals surface area contributed by atoms with Crippen LogP contribution in [0.1, 0.15) is 71.2 Å². The molecule has 4 aliphatic heterocycles. The second kappa shape index (κ2) is 18.6. The number of aliphatic hydroxyl groups excluding tert-OH is 2. The number of hydrogen-bond acceptors (Lipinski definition) is 16. The molecule has 5 bridgehead atoms. The number of ether oxygens (including phenoxy) is 4. The van der Waals surface area contributed by atoms with Crippen molar-refractivity contribution < 1.29 is 54.1 Å². The molecule has 4 heterocycles. The van der Waals surface area contributed by atoms with E-state index in [2.05, 4.69) is 20.5 Å². The Morgan fingerprint density at radius 2 is 1.63 bits per heavy atom. The number of nitrogens with zero attached hydrogens (tertiary/aromatic N) is 4. The van der Waals surface area contributed by atoms with E-state index in [1.165, 1.54) is 59.4 Å². The smallest absolute Gasteiger partial charge is 0.302 e. The number of rotatable bonds is 5. The molecular formula is C43H59N5O12. The lowest BCUT2D eigenvalue weighted by Crippen LogP contribution is -2.46. The quantitative estimate of drug-likeness (QED) is 0.0769. The summed E-state index contributed by atoms with van der Waals surface area (Å²) in [7, 11) is 3.43. The van der Waals surface area contributed by atoms with E-state index in [1.54, 1.807) is 44.9 Å². The molecule has 0 spiro atoms. The maximum absolute atomic E-state index is 13.8. The van der Waals surface area contributed by atoms with Crippen LogP contribution in [0.4, 0.5) is 5.69 Å². The lowest BCUT2D eigenvalue weighted by molar-refractivity contribution is -0.160. The third kappa shape index (κ3) is 8.94. The zero-order valence-electron chi connectivity index (χ0n) is 35.9. The van der Waals surface area contributed by atoms with Crippen LogP contribution in [0.5, 0.6) is 23.0 Å². The van der Waals surface area contributed by atoms with Gasteiger partial charge in [0.25, 0.3) is 11.7 Å². The molecule has 17 nitrogen and oxygen atoms in total. The number of nitroso groups, excluding NO2 is 1. The van der Waals surface area contributed by atoms with Crippen LogP contribution in [0.3, 0.4) is 0 Å². The Morgan fingerprint density at radius 3 is 2.25 bits per heavy atom. The van der Waals surface area contributed by atoms with Crippen molar-refractivity contribution in [2.24, 2.45) is 33.9 Å². The van der Waals surface area contributed by atoms with Crippen molar-refractivity contribution in [1.29, 1.82) is 0 Å². The molecule has 2 aromatic carbocycles. The number of nitrogens with one attached hydrogen (secondary N) is 1. The van der Waals surface area contributed by atoms with Crippen molar-refractivity contribution in [1.82, 2.24) is 9.91 Å². The highest BCUT2D eigenvalue weighted by Gasteiger charge is 2.52. The van der Waals surface area contributed by atoms with Crippen LogP contribution < -0.4 is 10.1 Å². The summed E-state index contributed by atoms with van der Waals surface area (Å²) in [5.41, 5.74) is -0.0997. The van der Waals surface area contributed by atoms with Crippen LogP contribution in [0, 0.1) is 35.5 Å². The molecule has 0 aliphatic carbocycles. The first-order chi connectivity index (χ1) is 28.3. The second-order valence-corrected chi connectivity index (χ2v) is 16.4. The number of esters is 1. The lowest BCUT2D eigenvalue weighted by atomic mass is 9.78. The van der Waals surface area contributed by atoms with Crippen molar-refractivity contribution in [2.75, 3.05) is 45.7 Å². The van der Waals surface area contributed by atoms with Gasteiger partial charge in [-0.25, -0.2) is 0 Å². The highest BCUT2D eigenvalue weighted by Crippen LogP contribution is 2.59. The molecule has 6 N–H and O–H groups in total. The number of anilines is 1. The van der Waals surface area contributed by atoms with Crippen LogP contribution in [-0.2, 0) is 23.8 Å². The van der Waals surface area contributed by atoms with E-state index in [4.69, 9.17) is 18.9 Å². The summed E-state index contributed by atoms with van der Waals surface area (Å²) in [6.45, 7) is 15.2. The largest absolute Gasteiger partial charge is 0.507 e. The number of phenolic OH excluding ortho intramolecular Hbond substituents is 3. The molecule has 6 rings (SSSR count). The van der Waals surface area contributed by atoms with Gasteiger partial charge in [-0.05, 0) is 27.0 Å². The molecule has 1 unspecified atom stereocenters. The maximum Gasteiger partial charge on any atom is 0.302 e. The van der Waals surface area contributed by atoms with Crippen molar-refractivity contribution in [3.63, 3.8) is 0 Å². The Hall–Kier alpha value is -5.23. The van der Waals surface area contributed by atoms with Gasteiger partial charge in [0.1, 0.15) is 23.4 Å². The van der Waals surface area contributed by atoms with Gasteiger partial charge in [0.2, 0.25) is 0 Å². The monoisotopic (exact) mass is 837 g/mol. The van der Waals surface area contributed by atoms with Crippen LogP contribution in [0.2, 0.25) is 0 Å². The molecule has 1 saturated heterocycles. The number of phenols is 3. The Labute approximate surface area is 349 Å². The average Bonchev–Trinajstić information content (AvgIpc) is 3.51. The van der Waals surface area contributed by atoms with E-state index in [0.29, 0.717) is 13.1 Å². The summed E-state index contributed by atoms with van der Waals surface area (Å²) in [4.78, 5) is 41.1. The van der Waals surface area contributed by atoms with Gasteiger partial charge in [0, 0.05) is 92.9 Å². The van der Waals surface area contributed by atoms with Crippen LogP contribution >= 0.6 is 0 Å². The number of allylic oxidation sites excluding steroid dienone is 2. The van der Waals surface area contributed by atoms with Gasteiger partial charge >= 0.3 is 5.97 Å². The number of aliphatic hydroxyl groups is 2. The Morgan fingerprint density at radius 1 is 0.967 bits per heavy atom. The predicted octanol–water partition coefficient (Wildman–Crippen LogP) is 4.96. The number of likely N-dealkylation sites (N-methyl/N-ethyl adjacent to an activating group) is 1. The highest BCUT2D eigenvalue weighted by molar-refractivity contribution is 6.16.